The van der Waals surface area contributed by atoms with Crippen LogP contribution in [0.5, 0.6) is 0 Å². The molecule has 0 saturated carbocycles. The lowest BCUT2D eigenvalue weighted by molar-refractivity contribution is 1.07. The molecule has 0 unspecified atom stereocenters. The lowest BCUT2D eigenvalue weighted by Gasteiger charge is -2.00. The van der Waals surface area contributed by atoms with Crippen LogP contribution in [0.2, 0.25) is 0 Å². The Balaban J connectivity index is 2.65. The molecule has 0 atom stereocenters. The number of para-hydroxylation sites is 1. The van der Waals surface area contributed by atoms with Crippen molar-refractivity contribution in [2.75, 3.05) is 5.73 Å². The SMILES string of the molecule is Cc1[nH]nc2c1c(N)nc1ccccc12. The number of nitrogens with zero attached hydrogens (tertiary/aromatic N) is 2. The van der Waals surface area contributed by atoms with Gasteiger partial charge in [0.05, 0.1) is 10.9 Å². The number of aromatic nitrogens is 3. The van der Waals surface area contributed by atoms with E-state index in [9.17, 15) is 0 Å². The number of hydrogen-bond acceptors (Lipinski definition) is 3. The molecule has 74 valence electrons. The molecule has 0 radical (unpaired) electrons. The number of nitrogen functional groups attached to an aromatic ring is 1. The normalized spacial score (nSPS) is 11.3. The highest BCUT2D eigenvalue weighted by atomic mass is 15.1. The van der Waals surface area contributed by atoms with Gasteiger partial charge in [0.15, 0.2) is 0 Å². The van der Waals surface area contributed by atoms with Crippen LogP contribution in [0.4, 0.5) is 5.82 Å². The summed E-state index contributed by atoms with van der Waals surface area (Å²) in [6.07, 6.45) is 0. The van der Waals surface area contributed by atoms with Gasteiger partial charge in [-0.15, -0.1) is 0 Å². The van der Waals surface area contributed by atoms with Gasteiger partial charge in [0.25, 0.3) is 0 Å². The summed E-state index contributed by atoms with van der Waals surface area (Å²) in [5.74, 6) is 0.537. The van der Waals surface area contributed by atoms with Gasteiger partial charge in [-0.05, 0) is 13.0 Å². The molecule has 0 fully saturated rings. The lowest BCUT2D eigenvalue weighted by atomic mass is 10.1. The number of pyridine rings is 1. The predicted molar refractivity (Wildman–Crippen MR) is 60.5 cm³/mol. The smallest absolute Gasteiger partial charge is 0.135 e. The molecule has 0 aliphatic rings. The van der Waals surface area contributed by atoms with E-state index in [1.807, 2.05) is 31.2 Å². The average Bonchev–Trinajstić information content (AvgIpc) is 2.62. The second kappa shape index (κ2) is 2.70. The molecule has 3 aromatic rings. The molecule has 3 N–H and O–H groups in total. The second-order valence-electron chi connectivity index (χ2n) is 3.59. The first kappa shape index (κ1) is 8.23. The van der Waals surface area contributed by atoms with Crippen LogP contribution in [0.15, 0.2) is 24.3 Å². The van der Waals surface area contributed by atoms with Crippen molar-refractivity contribution in [3.05, 3.63) is 30.0 Å². The Hall–Kier alpha value is -2.10. The van der Waals surface area contributed by atoms with E-state index < -0.39 is 0 Å². The molecule has 4 nitrogen and oxygen atoms in total. The summed E-state index contributed by atoms with van der Waals surface area (Å²) in [6.45, 7) is 1.95. The van der Waals surface area contributed by atoms with Crippen molar-refractivity contribution in [3.8, 4) is 0 Å². The minimum Gasteiger partial charge on any atom is -0.383 e. The number of aromatic amines is 1. The molecule has 0 amide bonds. The number of H-pyrrole nitrogens is 1. The molecule has 2 heterocycles. The maximum atomic E-state index is 5.90. The highest BCUT2D eigenvalue weighted by molar-refractivity contribution is 6.08. The zero-order valence-electron chi connectivity index (χ0n) is 8.28. The zero-order chi connectivity index (χ0) is 10.4. The number of hydrogen-bond donors (Lipinski definition) is 2. The molecular formula is C11H10N4. The van der Waals surface area contributed by atoms with E-state index in [4.69, 9.17) is 5.73 Å². The van der Waals surface area contributed by atoms with Crippen LogP contribution in [-0.4, -0.2) is 15.2 Å². The van der Waals surface area contributed by atoms with Gasteiger partial charge in [0, 0.05) is 11.1 Å². The van der Waals surface area contributed by atoms with Crippen molar-refractivity contribution in [3.63, 3.8) is 0 Å². The van der Waals surface area contributed by atoms with Gasteiger partial charge in [-0.1, -0.05) is 18.2 Å². The molecule has 3 rings (SSSR count). The highest BCUT2D eigenvalue weighted by Gasteiger charge is 2.10. The molecule has 15 heavy (non-hydrogen) atoms. The third-order valence-corrected chi connectivity index (χ3v) is 2.60. The van der Waals surface area contributed by atoms with Crippen LogP contribution >= 0.6 is 0 Å². The Morgan fingerprint density at radius 3 is 2.93 bits per heavy atom. The minimum atomic E-state index is 0.537. The van der Waals surface area contributed by atoms with Crippen LogP contribution in [0.1, 0.15) is 5.69 Å². The molecule has 0 bridgehead atoms. The first-order valence-electron chi connectivity index (χ1n) is 4.76. The quantitative estimate of drug-likeness (QED) is 0.580. The van der Waals surface area contributed by atoms with Crippen LogP contribution in [0.25, 0.3) is 21.8 Å². The maximum Gasteiger partial charge on any atom is 0.135 e. The fraction of sp³-hybridized carbons (Fsp3) is 0.0909. The number of benzene rings is 1. The largest absolute Gasteiger partial charge is 0.383 e. The molecule has 0 saturated heterocycles. The number of aryl methyl sites for hydroxylation is 1. The van der Waals surface area contributed by atoms with Crippen molar-refractivity contribution >= 4 is 27.6 Å². The minimum absolute atomic E-state index is 0.537. The number of fused-ring (bicyclic) bond motifs is 3. The maximum absolute atomic E-state index is 5.90. The molecule has 0 spiro atoms. The van der Waals surface area contributed by atoms with Crippen molar-refractivity contribution in [1.82, 2.24) is 15.2 Å². The van der Waals surface area contributed by atoms with Crippen LogP contribution in [0.3, 0.4) is 0 Å². The Morgan fingerprint density at radius 2 is 2.07 bits per heavy atom. The van der Waals surface area contributed by atoms with E-state index in [-0.39, 0.29) is 0 Å². The number of nitrogens with two attached hydrogens (primary N) is 1. The molecule has 0 aliphatic heterocycles. The van der Waals surface area contributed by atoms with E-state index >= 15 is 0 Å². The molecule has 0 aliphatic carbocycles. The summed E-state index contributed by atoms with van der Waals surface area (Å²) in [7, 11) is 0. The fourth-order valence-corrected chi connectivity index (χ4v) is 1.89. The summed E-state index contributed by atoms with van der Waals surface area (Å²) in [4.78, 5) is 4.35. The van der Waals surface area contributed by atoms with E-state index in [1.54, 1.807) is 0 Å². The van der Waals surface area contributed by atoms with E-state index in [0.717, 1.165) is 27.5 Å². The summed E-state index contributed by atoms with van der Waals surface area (Å²) in [5, 5.41) is 9.16. The first-order chi connectivity index (χ1) is 7.27. The Bertz CT molecular complexity index is 654. The van der Waals surface area contributed by atoms with Crippen molar-refractivity contribution in [1.29, 1.82) is 0 Å². The van der Waals surface area contributed by atoms with Crippen molar-refractivity contribution in [2.45, 2.75) is 6.92 Å². The van der Waals surface area contributed by atoms with Crippen LogP contribution in [0, 0.1) is 6.92 Å². The summed E-state index contributed by atoms with van der Waals surface area (Å²) in [5.41, 5.74) is 8.64. The number of rotatable bonds is 0. The fourth-order valence-electron chi connectivity index (χ4n) is 1.89. The van der Waals surface area contributed by atoms with Crippen LogP contribution in [-0.2, 0) is 0 Å². The van der Waals surface area contributed by atoms with Gasteiger partial charge < -0.3 is 5.73 Å². The summed E-state index contributed by atoms with van der Waals surface area (Å²) in [6, 6.07) is 7.86. The Morgan fingerprint density at radius 1 is 1.27 bits per heavy atom. The topological polar surface area (TPSA) is 67.6 Å². The molecule has 4 heteroatoms. The lowest BCUT2D eigenvalue weighted by Crippen LogP contribution is -1.92. The first-order valence-corrected chi connectivity index (χ1v) is 4.76. The van der Waals surface area contributed by atoms with Gasteiger partial charge in [-0.2, -0.15) is 5.10 Å². The highest BCUT2D eigenvalue weighted by Crippen LogP contribution is 2.27. The number of anilines is 1. The van der Waals surface area contributed by atoms with Gasteiger partial charge in [-0.25, -0.2) is 4.98 Å². The third-order valence-electron chi connectivity index (χ3n) is 2.60. The summed E-state index contributed by atoms with van der Waals surface area (Å²) < 4.78 is 0. The van der Waals surface area contributed by atoms with E-state index in [2.05, 4.69) is 15.2 Å². The average molecular weight is 198 g/mol. The second-order valence-corrected chi connectivity index (χ2v) is 3.59. The van der Waals surface area contributed by atoms with Gasteiger partial charge in [-0.3, -0.25) is 5.10 Å². The Kier molecular flexibility index (Phi) is 1.48. The van der Waals surface area contributed by atoms with E-state index in [1.165, 1.54) is 0 Å². The van der Waals surface area contributed by atoms with Gasteiger partial charge in [0.1, 0.15) is 11.3 Å². The van der Waals surface area contributed by atoms with E-state index in [0.29, 0.717) is 5.82 Å². The summed E-state index contributed by atoms with van der Waals surface area (Å²) >= 11 is 0. The zero-order valence-corrected chi connectivity index (χ0v) is 8.28. The number of nitrogens with one attached hydrogen (secondary N) is 1. The van der Waals surface area contributed by atoms with Crippen molar-refractivity contribution in [2.24, 2.45) is 0 Å². The molecule has 1 aromatic carbocycles. The van der Waals surface area contributed by atoms with Crippen molar-refractivity contribution < 1.29 is 0 Å². The van der Waals surface area contributed by atoms with Crippen LogP contribution < -0.4 is 5.73 Å². The monoisotopic (exact) mass is 198 g/mol. The molecule has 2 aromatic heterocycles. The standard InChI is InChI=1S/C11H10N4/c1-6-9-10(15-14-6)7-4-2-3-5-8(7)13-11(9)12/h2-5H,1H3,(H2,12,13)(H,14,15). The Labute approximate surface area is 86.1 Å². The molecular weight excluding hydrogens is 188 g/mol. The predicted octanol–water partition coefficient (Wildman–Crippen LogP) is 2.00. The third kappa shape index (κ3) is 1.01. The van der Waals surface area contributed by atoms with Gasteiger partial charge >= 0.3 is 0 Å². The van der Waals surface area contributed by atoms with Gasteiger partial charge in [0.2, 0.25) is 0 Å².